The number of para-hydroxylation sites is 1. The zero-order valence-corrected chi connectivity index (χ0v) is 19.4. The van der Waals surface area contributed by atoms with Crippen LogP contribution < -0.4 is 4.90 Å². The van der Waals surface area contributed by atoms with Crippen molar-refractivity contribution < 1.29 is 22.3 Å². The van der Waals surface area contributed by atoms with Crippen LogP contribution in [0.25, 0.3) is 0 Å². The summed E-state index contributed by atoms with van der Waals surface area (Å²) in [4.78, 5) is 0.521. The number of halogens is 2. The van der Waals surface area contributed by atoms with Gasteiger partial charge in [0.15, 0.2) is 5.76 Å². The Morgan fingerprint density at radius 2 is 1.36 bits per heavy atom. The molecule has 0 aromatic heterocycles. The van der Waals surface area contributed by atoms with E-state index in [1.54, 1.807) is 79.7 Å². The van der Waals surface area contributed by atoms with Gasteiger partial charge >= 0.3 is 5.92 Å². The summed E-state index contributed by atoms with van der Waals surface area (Å²) in [6.07, 6.45) is 0. The maximum atomic E-state index is 15.7. The van der Waals surface area contributed by atoms with Crippen LogP contribution in [0.3, 0.4) is 0 Å². The van der Waals surface area contributed by atoms with Gasteiger partial charge in [-0.1, -0.05) is 66.2 Å². The number of alkyl halides is 2. The molecule has 172 valence electrons. The molecule has 1 heterocycles. The number of aryl methyl sites for hydroxylation is 1. The van der Waals surface area contributed by atoms with Crippen molar-refractivity contribution in [3.8, 4) is 0 Å². The molecule has 0 saturated carbocycles. The highest BCUT2D eigenvalue weighted by molar-refractivity contribution is 7.95. The van der Waals surface area contributed by atoms with E-state index in [1.165, 1.54) is 30.9 Å². The summed E-state index contributed by atoms with van der Waals surface area (Å²) in [5.41, 5.74) is -0.222. The van der Waals surface area contributed by atoms with Gasteiger partial charge in [0.1, 0.15) is 10.4 Å². The number of aliphatic hydroxyl groups is 1. The number of rotatable bonds is 4. The molecule has 1 aliphatic heterocycles. The van der Waals surface area contributed by atoms with E-state index < -0.39 is 38.0 Å². The molecule has 3 aromatic carbocycles. The van der Waals surface area contributed by atoms with Crippen LogP contribution in [0, 0.1) is 6.92 Å². The zero-order valence-electron chi connectivity index (χ0n) is 18.5. The van der Waals surface area contributed by atoms with Crippen LogP contribution in [0.4, 0.5) is 14.5 Å². The summed E-state index contributed by atoms with van der Waals surface area (Å²) in [6, 6.07) is 21.8. The van der Waals surface area contributed by atoms with E-state index in [0.717, 1.165) is 5.56 Å². The summed E-state index contributed by atoms with van der Waals surface area (Å²) in [7, 11) is -4.48. The number of benzene rings is 3. The van der Waals surface area contributed by atoms with Crippen LogP contribution in [0.5, 0.6) is 0 Å². The van der Waals surface area contributed by atoms with Gasteiger partial charge in [-0.05, 0) is 50.6 Å². The zero-order chi connectivity index (χ0) is 24.0. The van der Waals surface area contributed by atoms with Crippen molar-refractivity contribution in [2.24, 2.45) is 0 Å². The molecular formula is C26H25F2NO3S. The molecule has 1 unspecified atom stereocenters. The molecule has 7 heteroatoms. The van der Waals surface area contributed by atoms with Gasteiger partial charge in [-0.3, -0.25) is 0 Å². The summed E-state index contributed by atoms with van der Waals surface area (Å²) in [5.74, 6) is -5.27. The smallest absolute Gasteiger partial charge is 0.326 e. The minimum Gasteiger partial charge on any atom is -0.505 e. The molecule has 33 heavy (non-hydrogen) atoms. The molecule has 0 spiro atoms. The Hall–Kier alpha value is -3.19. The summed E-state index contributed by atoms with van der Waals surface area (Å²) < 4.78 is 59.1. The molecule has 1 N–H and O–H groups in total. The number of hydrogen-bond acceptors (Lipinski definition) is 4. The van der Waals surface area contributed by atoms with Crippen molar-refractivity contribution in [2.75, 3.05) is 4.90 Å². The summed E-state index contributed by atoms with van der Waals surface area (Å²) >= 11 is 0. The third kappa shape index (κ3) is 3.60. The van der Waals surface area contributed by atoms with Crippen LogP contribution in [0.15, 0.2) is 100 Å². The molecule has 0 saturated heterocycles. The molecule has 4 nitrogen and oxygen atoms in total. The van der Waals surface area contributed by atoms with Gasteiger partial charge in [0.05, 0.1) is 10.9 Å². The second-order valence-corrected chi connectivity index (χ2v) is 10.6. The van der Waals surface area contributed by atoms with Crippen molar-refractivity contribution in [2.45, 2.75) is 43.2 Å². The highest BCUT2D eigenvalue weighted by atomic mass is 32.2. The Balaban J connectivity index is 2.09. The third-order valence-electron chi connectivity index (χ3n) is 6.18. The molecule has 0 aliphatic carbocycles. The van der Waals surface area contributed by atoms with E-state index in [4.69, 9.17) is 0 Å². The fourth-order valence-corrected chi connectivity index (χ4v) is 5.95. The number of aliphatic hydroxyl groups excluding tert-OH is 1. The highest BCUT2D eigenvalue weighted by Crippen LogP contribution is 2.54. The lowest BCUT2D eigenvalue weighted by molar-refractivity contribution is -0.0699. The standard InChI is InChI=1S/C26H25F2NO3S/c1-18-14-16-21(17-15-18)33(31,32)23-22(19-10-6-4-7-11-19)29(20-12-8-5-9-13-20)25(2,3)26(27,28)24(23)30/h4-17,22,30H,1-3H3. The highest BCUT2D eigenvalue weighted by Gasteiger charge is 2.63. The predicted molar refractivity (Wildman–Crippen MR) is 125 cm³/mol. The van der Waals surface area contributed by atoms with Crippen molar-refractivity contribution in [3.05, 3.63) is 107 Å². The van der Waals surface area contributed by atoms with Gasteiger partial charge in [-0.15, -0.1) is 0 Å². The van der Waals surface area contributed by atoms with Gasteiger partial charge in [-0.2, -0.15) is 8.78 Å². The van der Waals surface area contributed by atoms with Crippen LogP contribution >= 0.6 is 0 Å². The van der Waals surface area contributed by atoms with Crippen molar-refractivity contribution in [1.82, 2.24) is 0 Å². The molecule has 1 aliphatic rings. The van der Waals surface area contributed by atoms with E-state index in [1.807, 2.05) is 0 Å². The van der Waals surface area contributed by atoms with Crippen LogP contribution in [-0.2, 0) is 9.84 Å². The van der Waals surface area contributed by atoms with Crippen molar-refractivity contribution >= 4 is 15.5 Å². The summed E-state index contributed by atoms with van der Waals surface area (Å²) in [5, 5.41) is 10.9. The van der Waals surface area contributed by atoms with Gasteiger partial charge in [0.2, 0.25) is 9.84 Å². The Morgan fingerprint density at radius 1 is 0.848 bits per heavy atom. The molecule has 0 bridgehead atoms. The largest absolute Gasteiger partial charge is 0.505 e. The molecule has 0 fully saturated rings. The average Bonchev–Trinajstić information content (AvgIpc) is 2.79. The predicted octanol–water partition coefficient (Wildman–Crippen LogP) is 6.21. The maximum Gasteiger partial charge on any atom is 0.326 e. The Labute approximate surface area is 192 Å². The first-order valence-electron chi connectivity index (χ1n) is 10.5. The number of nitrogens with zero attached hydrogens (tertiary/aromatic N) is 1. The summed E-state index contributed by atoms with van der Waals surface area (Å²) in [6.45, 7) is 4.41. The topological polar surface area (TPSA) is 57.6 Å². The van der Waals surface area contributed by atoms with Crippen LogP contribution in [-0.4, -0.2) is 25.0 Å². The monoisotopic (exact) mass is 469 g/mol. The first kappa shape index (κ1) is 23.0. The van der Waals surface area contributed by atoms with Gasteiger partial charge in [-0.25, -0.2) is 8.42 Å². The fraction of sp³-hybridized carbons (Fsp3) is 0.231. The second-order valence-electron chi connectivity index (χ2n) is 8.68. The average molecular weight is 470 g/mol. The number of hydrogen-bond donors (Lipinski definition) is 1. The molecule has 0 radical (unpaired) electrons. The molecule has 4 rings (SSSR count). The van der Waals surface area contributed by atoms with E-state index in [0.29, 0.717) is 11.3 Å². The lowest BCUT2D eigenvalue weighted by atomic mass is 9.83. The second kappa shape index (κ2) is 7.99. The molecule has 0 amide bonds. The van der Waals surface area contributed by atoms with Crippen LogP contribution in [0.1, 0.15) is 31.0 Å². The lowest BCUT2D eigenvalue weighted by Gasteiger charge is -2.52. The Bertz CT molecular complexity index is 1290. The maximum absolute atomic E-state index is 15.7. The fourth-order valence-electron chi connectivity index (χ4n) is 4.28. The van der Waals surface area contributed by atoms with Crippen LogP contribution in [0.2, 0.25) is 0 Å². The van der Waals surface area contributed by atoms with Crippen molar-refractivity contribution in [3.63, 3.8) is 0 Å². The van der Waals surface area contributed by atoms with Gasteiger partial charge in [0, 0.05) is 5.69 Å². The van der Waals surface area contributed by atoms with Crippen molar-refractivity contribution in [1.29, 1.82) is 0 Å². The van der Waals surface area contributed by atoms with E-state index in [9.17, 15) is 13.5 Å². The Kier molecular flexibility index (Phi) is 5.56. The van der Waals surface area contributed by atoms with E-state index in [2.05, 4.69) is 0 Å². The minimum atomic E-state index is -4.48. The first-order chi connectivity index (χ1) is 15.5. The normalized spacial score (nSPS) is 20.0. The van der Waals surface area contributed by atoms with E-state index >= 15 is 8.78 Å². The molecule has 1 atom stereocenters. The molecular weight excluding hydrogens is 444 g/mol. The minimum absolute atomic E-state index is 0.154. The SMILES string of the molecule is Cc1ccc(S(=O)(=O)C2=C(O)C(F)(F)C(C)(C)N(c3ccccc3)C2c2ccccc2)cc1. The Morgan fingerprint density at radius 3 is 1.91 bits per heavy atom. The third-order valence-corrected chi connectivity index (χ3v) is 8.07. The quantitative estimate of drug-likeness (QED) is 0.493. The first-order valence-corrected chi connectivity index (χ1v) is 12.0. The van der Waals surface area contributed by atoms with Gasteiger partial charge in [0.25, 0.3) is 0 Å². The molecule has 3 aromatic rings. The van der Waals surface area contributed by atoms with E-state index in [-0.39, 0.29) is 4.90 Å². The number of sulfone groups is 1. The number of anilines is 1. The lowest BCUT2D eigenvalue weighted by Crippen LogP contribution is -2.63. The van der Waals surface area contributed by atoms with Gasteiger partial charge < -0.3 is 10.0 Å².